The zero-order valence-corrected chi connectivity index (χ0v) is 16.3. The summed E-state index contributed by atoms with van der Waals surface area (Å²) < 4.78 is 1.72. The highest BCUT2D eigenvalue weighted by molar-refractivity contribution is 5.90. The van der Waals surface area contributed by atoms with E-state index in [4.69, 9.17) is 10.4 Å². The molecular formula is C20H25N5O3. The Morgan fingerprint density at radius 3 is 2.75 bits per heavy atom. The van der Waals surface area contributed by atoms with Gasteiger partial charge in [0, 0.05) is 12.0 Å². The number of nitrogens with zero attached hydrogens (tertiary/aromatic N) is 3. The molecule has 2 amide bonds. The maximum atomic E-state index is 12.4. The summed E-state index contributed by atoms with van der Waals surface area (Å²) >= 11 is 0. The zero-order chi connectivity index (χ0) is 20.7. The second kappa shape index (κ2) is 9.04. The number of carbonyl (C=O) groups excluding carboxylic acids is 1. The van der Waals surface area contributed by atoms with Crippen molar-refractivity contribution in [2.24, 2.45) is 0 Å². The van der Waals surface area contributed by atoms with Gasteiger partial charge in [-0.2, -0.15) is 10.4 Å². The van der Waals surface area contributed by atoms with E-state index in [0.29, 0.717) is 24.1 Å². The lowest BCUT2D eigenvalue weighted by molar-refractivity contribution is -0.137. The molecule has 0 aliphatic heterocycles. The predicted molar refractivity (Wildman–Crippen MR) is 105 cm³/mol. The van der Waals surface area contributed by atoms with Crippen molar-refractivity contribution in [1.29, 1.82) is 5.26 Å². The third-order valence-electron chi connectivity index (χ3n) is 4.24. The second-order valence-corrected chi connectivity index (χ2v) is 7.19. The van der Waals surface area contributed by atoms with Crippen LogP contribution in [0.4, 0.5) is 10.5 Å². The summed E-state index contributed by atoms with van der Waals surface area (Å²) in [5.74, 6) is -0.901. The number of benzene rings is 1. The van der Waals surface area contributed by atoms with Crippen molar-refractivity contribution in [3.05, 3.63) is 41.7 Å². The number of carbonyl (C=O) groups is 2. The Bertz CT molecular complexity index is 895. The van der Waals surface area contributed by atoms with Crippen LogP contribution in [-0.4, -0.2) is 32.4 Å². The number of hydrogen-bond acceptors (Lipinski definition) is 4. The Morgan fingerprint density at radius 2 is 2.11 bits per heavy atom. The summed E-state index contributed by atoms with van der Waals surface area (Å²) in [4.78, 5) is 23.2. The molecule has 0 aliphatic rings. The van der Waals surface area contributed by atoms with E-state index >= 15 is 0 Å². The molecule has 8 heteroatoms. The summed E-state index contributed by atoms with van der Waals surface area (Å²) in [6.07, 6.45) is 3.41. The molecule has 0 radical (unpaired) electrons. The maximum absolute atomic E-state index is 12.4. The first kappa shape index (κ1) is 21.0. The van der Waals surface area contributed by atoms with Crippen LogP contribution in [0.2, 0.25) is 0 Å². The van der Waals surface area contributed by atoms with Gasteiger partial charge in [0.2, 0.25) is 0 Å². The van der Waals surface area contributed by atoms with E-state index in [1.807, 2.05) is 13.0 Å². The van der Waals surface area contributed by atoms with Crippen LogP contribution in [0.3, 0.4) is 0 Å². The number of rotatable bonds is 8. The highest BCUT2D eigenvalue weighted by Crippen LogP contribution is 2.22. The molecule has 8 nitrogen and oxygen atoms in total. The molecule has 1 aromatic carbocycles. The average molecular weight is 383 g/mol. The number of nitrogens with one attached hydrogen (secondary N) is 2. The summed E-state index contributed by atoms with van der Waals surface area (Å²) in [5.41, 5.74) is 2.03. The van der Waals surface area contributed by atoms with Gasteiger partial charge in [-0.15, -0.1) is 0 Å². The molecule has 0 saturated heterocycles. The first-order chi connectivity index (χ1) is 13.3. The largest absolute Gasteiger partial charge is 0.481 e. The van der Waals surface area contributed by atoms with Crippen molar-refractivity contribution in [2.45, 2.75) is 52.0 Å². The number of anilines is 1. The third-order valence-corrected chi connectivity index (χ3v) is 4.24. The Kier molecular flexibility index (Phi) is 6.77. The third kappa shape index (κ3) is 5.58. The van der Waals surface area contributed by atoms with Gasteiger partial charge in [-0.3, -0.25) is 4.79 Å². The molecule has 1 aromatic heterocycles. The molecule has 1 heterocycles. The van der Waals surface area contributed by atoms with Crippen LogP contribution in [-0.2, 0) is 11.2 Å². The molecule has 2 rings (SSSR count). The molecule has 0 atom stereocenters. The SMILES string of the molecule is CCCc1c(NC(=O)NC(C)(C)CCC(=O)O)cnn1-c1cccc(C#N)c1. The summed E-state index contributed by atoms with van der Waals surface area (Å²) in [6.45, 7) is 5.58. The molecule has 28 heavy (non-hydrogen) atoms. The number of carboxylic acid groups (broad SMARTS) is 1. The van der Waals surface area contributed by atoms with E-state index in [2.05, 4.69) is 21.8 Å². The van der Waals surface area contributed by atoms with Crippen molar-refractivity contribution in [1.82, 2.24) is 15.1 Å². The van der Waals surface area contributed by atoms with E-state index in [1.165, 1.54) is 0 Å². The molecule has 2 aromatic rings. The quantitative estimate of drug-likeness (QED) is 0.645. The van der Waals surface area contributed by atoms with Gasteiger partial charge in [0.05, 0.1) is 34.9 Å². The molecule has 148 valence electrons. The minimum Gasteiger partial charge on any atom is -0.481 e. The van der Waals surface area contributed by atoms with E-state index in [9.17, 15) is 9.59 Å². The molecule has 0 bridgehead atoms. The Morgan fingerprint density at radius 1 is 1.36 bits per heavy atom. The molecule has 0 saturated carbocycles. The second-order valence-electron chi connectivity index (χ2n) is 7.19. The number of hydrogen-bond donors (Lipinski definition) is 3. The highest BCUT2D eigenvalue weighted by Gasteiger charge is 2.22. The Balaban J connectivity index is 2.19. The van der Waals surface area contributed by atoms with Crippen LogP contribution in [0.25, 0.3) is 5.69 Å². The summed E-state index contributed by atoms with van der Waals surface area (Å²) in [5, 5.41) is 27.9. The number of amides is 2. The van der Waals surface area contributed by atoms with Gasteiger partial charge >= 0.3 is 12.0 Å². The lowest BCUT2D eigenvalue weighted by atomic mass is 9.99. The van der Waals surface area contributed by atoms with E-state index in [1.54, 1.807) is 42.9 Å². The fourth-order valence-corrected chi connectivity index (χ4v) is 2.83. The Labute approximate surface area is 164 Å². The monoisotopic (exact) mass is 383 g/mol. The van der Waals surface area contributed by atoms with Gasteiger partial charge in [-0.05, 0) is 44.9 Å². The molecule has 3 N–H and O–H groups in total. The average Bonchev–Trinajstić information content (AvgIpc) is 3.02. The van der Waals surface area contributed by atoms with E-state index in [0.717, 1.165) is 17.8 Å². The molecule has 0 unspecified atom stereocenters. The van der Waals surface area contributed by atoms with Gasteiger partial charge in [-0.25, -0.2) is 9.48 Å². The van der Waals surface area contributed by atoms with Crippen LogP contribution in [0.1, 0.15) is 51.3 Å². The van der Waals surface area contributed by atoms with E-state index < -0.39 is 17.5 Å². The smallest absolute Gasteiger partial charge is 0.319 e. The summed E-state index contributed by atoms with van der Waals surface area (Å²) in [7, 11) is 0. The van der Waals surface area contributed by atoms with E-state index in [-0.39, 0.29) is 6.42 Å². The van der Waals surface area contributed by atoms with Gasteiger partial charge < -0.3 is 15.7 Å². The van der Waals surface area contributed by atoms with Crippen LogP contribution in [0.15, 0.2) is 30.5 Å². The first-order valence-electron chi connectivity index (χ1n) is 9.14. The number of urea groups is 1. The number of aromatic nitrogens is 2. The van der Waals surface area contributed by atoms with Crippen LogP contribution < -0.4 is 10.6 Å². The van der Waals surface area contributed by atoms with Gasteiger partial charge in [0.15, 0.2) is 0 Å². The topological polar surface area (TPSA) is 120 Å². The lowest BCUT2D eigenvalue weighted by Crippen LogP contribution is -2.45. The highest BCUT2D eigenvalue weighted by atomic mass is 16.4. The van der Waals surface area contributed by atoms with Crippen molar-refractivity contribution in [3.63, 3.8) is 0 Å². The van der Waals surface area contributed by atoms with Crippen molar-refractivity contribution >= 4 is 17.7 Å². The van der Waals surface area contributed by atoms with Crippen LogP contribution in [0, 0.1) is 11.3 Å². The minimum atomic E-state index is -0.901. The van der Waals surface area contributed by atoms with Crippen molar-refractivity contribution in [2.75, 3.05) is 5.32 Å². The predicted octanol–water partition coefficient (Wildman–Crippen LogP) is 3.46. The zero-order valence-electron chi connectivity index (χ0n) is 16.3. The van der Waals surface area contributed by atoms with Gasteiger partial charge in [-0.1, -0.05) is 19.4 Å². The first-order valence-corrected chi connectivity index (χ1v) is 9.14. The van der Waals surface area contributed by atoms with Crippen molar-refractivity contribution < 1.29 is 14.7 Å². The number of carboxylic acids is 1. The standard InChI is InChI=1S/C20H25N5O3/c1-4-6-17-16(23-19(28)24-20(2,3)10-9-18(26)27)13-22-25(17)15-8-5-7-14(11-15)12-21/h5,7-8,11,13H,4,6,9-10H2,1-3H3,(H,26,27)(H2,23,24,28). The molecule has 0 fully saturated rings. The fraction of sp³-hybridized carbons (Fsp3) is 0.400. The summed E-state index contributed by atoms with van der Waals surface area (Å²) in [6, 6.07) is 8.79. The number of aliphatic carboxylic acids is 1. The Hall–Kier alpha value is -3.34. The molecule has 0 spiro atoms. The van der Waals surface area contributed by atoms with Gasteiger partial charge in [0.1, 0.15) is 0 Å². The molecule has 0 aliphatic carbocycles. The minimum absolute atomic E-state index is 0.0263. The van der Waals surface area contributed by atoms with Crippen LogP contribution >= 0.6 is 0 Å². The maximum Gasteiger partial charge on any atom is 0.319 e. The molecular weight excluding hydrogens is 358 g/mol. The van der Waals surface area contributed by atoms with Crippen molar-refractivity contribution in [3.8, 4) is 11.8 Å². The van der Waals surface area contributed by atoms with Gasteiger partial charge in [0.25, 0.3) is 0 Å². The lowest BCUT2D eigenvalue weighted by Gasteiger charge is -2.25. The van der Waals surface area contributed by atoms with Crippen LogP contribution in [0.5, 0.6) is 0 Å². The number of nitriles is 1. The normalized spacial score (nSPS) is 10.9. The fourth-order valence-electron chi connectivity index (χ4n) is 2.83.